The lowest BCUT2D eigenvalue weighted by molar-refractivity contribution is -0.384. The molecule has 1 heterocycles. The molecule has 0 aliphatic heterocycles. The number of benzene rings is 1. The molecule has 1 aromatic carbocycles. The number of nitro groups is 1. The van der Waals surface area contributed by atoms with Crippen molar-refractivity contribution in [1.82, 2.24) is 9.97 Å². The van der Waals surface area contributed by atoms with Gasteiger partial charge in [-0.25, -0.2) is 9.97 Å². The first kappa shape index (κ1) is 18.6. The number of hydrogen-bond donors (Lipinski definition) is 1. The van der Waals surface area contributed by atoms with Crippen molar-refractivity contribution in [3.8, 4) is 6.07 Å². The van der Waals surface area contributed by atoms with Crippen LogP contribution in [0.1, 0.15) is 17.1 Å². The lowest BCUT2D eigenvalue weighted by Crippen LogP contribution is -2.15. The van der Waals surface area contributed by atoms with Crippen molar-refractivity contribution in [2.45, 2.75) is 18.9 Å². The monoisotopic (exact) mass is 377 g/mol. The largest absolute Gasteiger partial charge is 0.324 e. The quantitative estimate of drug-likeness (QED) is 0.367. The highest BCUT2D eigenvalue weighted by molar-refractivity contribution is 8.00. The smallest absolute Gasteiger partial charge is 0.271 e. The van der Waals surface area contributed by atoms with Crippen molar-refractivity contribution in [1.29, 1.82) is 5.26 Å². The second-order valence-corrected chi connectivity index (χ2v) is 6.28. The number of thioether (sulfide) groups is 1. The van der Waals surface area contributed by atoms with Gasteiger partial charge in [0, 0.05) is 12.1 Å². The summed E-state index contributed by atoms with van der Waals surface area (Å²) in [5, 5.41) is 23.1. The Balaban J connectivity index is 2.11. The number of anilines is 1. The maximum absolute atomic E-state index is 12.1. The van der Waals surface area contributed by atoms with Gasteiger partial charge in [0.1, 0.15) is 22.5 Å². The minimum Gasteiger partial charge on any atom is -0.324 e. The van der Waals surface area contributed by atoms with Crippen LogP contribution in [0.5, 0.6) is 0 Å². The van der Waals surface area contributed by atoms with Gasteiger partial charge in [0.05, 0.1) is 27.1 Å². The van der Waals surface area contributed by atoms with Crippen LogP contribution in [0.2, 0.25) is 5.02 Å². The first-order valence-electron chi connectivity index (χ1n) is 6.93. The Morgan fingerprint density at radius 3 is 2.80 bits per heavy atom. The number of nitrogens with zero attached hydrogens (tertiary/aromatic N) is 4. The minimum absolute atomic E-state index is 0.0381. The van der Waals surface area contributed by atoms with Crippen molar-refractivity contribution in [2.75, 3.05) is 11.1 Å². The van der Waals surface area contributed by atoms with Gasteiger partial charge >= 0.3 is 0 Å². The van der Waals surface area contributed by atoms with Gasteiger partial charge in [-0.1, -0.05) is 23.4 Å². The molecule has 1 amide bonds. The van der Waals surface area contributed by atoms with E-state index in [1.807, 2.05) is 6.07 Å². The summed E-state index contributed by atoms with van der Waals surface area (Å²) in [4.78, 5) is 30.6. The van der Waals surface area contributed by atoms with Crippen LogP contribution in [-0.4, -0.2) is 26.6 Å². The van der Waals surface area contributed by atoms with Crippen LogP contribution < -0.4 is 5.32 Å². The van der Waals surface area contributed by atoms with Gasteiger partial charge in [0.15, 0.2) is 0 Å². The van der Waals surface area contributed by atoms with E-state index in [1.165, 1.54) is 18.2 Å². The molecule has 10 heteroatoms. The number of nitriles is 1. The fraction of sp³-hybridized carbons (Fsp3) is 0.200. The van der Waals surface area contributed by atoms with E-state index in [1.54, 1.807) is 13.8 Å². The van der Waals surface area contributed by atoms with Crippen LogP contribution in [0.15, 0.2) is 23.2 Å². The molecule has 0 fully saturated rings. The number of hydrogen-bond acceptors (Lipinski definition) is 7. The number of nitro benzene ring substituents is 1. The van der Waals surface area contributed by atoms with Crippen molar-refractivity contribution in [2.24, 2.45) is 0 Å². The maximum Gasteiger partial charge on any atom is 0.271 e. The average molecular weight is 378 g/mol. The molecule has 2 rings (SSSR count). The molecule has 128 valence electrons. The Labute approximate surface area is 152 Å². The highest BCUT2D eigenvalue weighted by Crippen LogP contribution is 2.27. The zero-order valence-corrected chi connectivity index (χ0v) is 14.8. The van der Waals surface area contributed by atoms with Crippen LogP contribution in [-0.2, 0) is 4.79 Å². The second kappa shape index (κ2) is 7.92. The van der Waals surface area contributed by atoms with E-state index in [0.717, 1.165) is 11.8 Å². The number of carbonyl (C=O) groups is 1. The second-order valence-electron chi connectivity index (χ2n) is 4.91. The maximum atomic E-state index is 12.1. The van der Waals surface area contributed by atoms with E-state index in [4.69, 9.17) is 11.6 Å². The molecule has 0 unspecified atom stereocenters. The van der Waals surface area contributed by atoms with Crippen LogP contribution in [0.25, 0.3) is 0 Å². The van der Waals surface area contributed by atoms with Gasteiger partial charge < -0.3 is 5.32 Å². The summed E-state index contributed by atoms with van der Waals surface area (Å²) >= 11 is 7.02. The zero-order chi connectivity index (χ0) is 18.6. The molecule has 0 spiro atoms. The Bertz CT molecular complexity index is 897. The summed E-state index contributed by atoms with van der Waals surface area (Å²) in [7, 11) is 0. The molecule has 0 saturated carbocycles. The third kappa shape index (κ3) is 4.65. The van der Waals surface area contributed by atoms with E-state index in [0.29, 0.717) is 22.1 Å². The summed E-state index contributed by atoms with van der Waals surface area (Å²) in [5.74, 6) is 0.0372. The number of aromatic nitrogens is 2. The molecule has 1 aromatic heterocycles. The van der Waals surface area contributed by atoms with Crippen LogP contribution in [0.4, 0.5) is 11.4 Å². The van der Waals surface area contributed by atoms with Crippen LogP contribution in [0.3, 0.4) is 0 Å². The van der Waals surface area contributed by atoms with Crippen LogP contribution >= 0.6 is 23.4 Å². The van der Waals surface area contributed by atoms with Crippen molar-refractivity contribution < 1.29 is 9.72 Å². The van der Waals surface area contributed by atoms with E-state index in [9.17, 15) is 20.2 Å². The molecule has 0 aliphatic carbocycles. The molecule has 0 radical (unpaired) electrons. The molecule has 1 N–H and O–H groups in total. The van der Waals surface area contributed by atoms with E-state index >= 15 is 0 Å². The molecule has 0 bridgehead atoms. The fourth-order valence-electron chi connectivity index (χ4n) is 1.96. The molecule has 25 heavy (non-hydrogen) atoms. The van der Waals surface area contributed by atoms with E-state index < -0.39 is 10.8 Å². The average Bonchev–Trinajstić information content (AvgIpc) is 2.54. The Hall–Kier alpha value is -2.70. The fourth-order valence-corrected chi connectivity index (χ4v) is 3.00. The lowest BCUT2D eigenvalue weighted by Gasteiger charge is -2.08. The minimum atomic E-state index is -0.577. The van der Waals surface area contributed by atoms with Gasteiger partial charge in [-0.05, 0) is 19.9 Å². The van der Waals surface area contributed by atoms with Gasteiger partial charge in [0.2, 0.25) is 5.91 Å². The van der Waals surface area contributed by atoms with E-state index in [-0.39, 0.29) is 22.2 Å². The molecule has 0 saturated heterocycles. The van der Waals surface area contributed by atoms with Crippen molar-refractivity contribution in [3.05, 3.63) is 50.4 Å². The normalized spacial score (nSPS) is 10.2. The molecule has 0 aliphatic rings. The van der Waals surface area contributed by atoms with Crippen LogP contribution in [0, 0.1) is 35.3 Å². The first-order valence-corrected chi connectivity index (χ1v) is 8.30. The predicted octanol–water partition coefficient (Wildman–Crippen LogP) is 3.26. The first-order chi connectivity index (χ1) is 11.8. The summed E-state index contributed by atoms with van der Waals surface area (Å²) in [6.07, 6.45) is 0. The van der Waals surface area contributed by atoms with Gasteiger partial charge in [-0.2, -0.15) is 5.26 Å². The highest BCUT2D eigenvalue weighted by Gasteiger charge is 2.15. The van der Waals surface area contributed by atoms with Gasteiger partial charge in [-0.15, -0.1) is 0 Å². The standard InChI is InChI=1S/C15H12ClN5O3S/c1-8-11(6-17)15(19-9(2)18-8)25-7-14(22)20-13-5-10(21(23)24)3-4-12(13)16/h3-5H,7H2,1-2H3,(H,20,22). The van der Waals surface area contributed by atoms with Crippen molar-refractivity contribution in [3.63, 3.8) is 0 Å². The predicted molar refractivity (Wildman–Crippen MR) is 93.7 cm³/mol. The molecular weight excluding hydrogens is 366 g/mol. The number of nitrogens with one attached hydrogen (secondary N) is 1. The third-order valence-electron chi connectivity index (χ3n) is 3.06. The number of rotatable bonds is 5. The summed E-state index contributed by atoms with van der Waals surface area (Å²) in [6, 6.07) is 5.79. The topological polar surface area (TPSA) is 122 Å². The number of amides is 1. The Kier molecular flexibility index (Phi) is 5.90. The SMILES string of the molecule is Cc1nc(C)c(C#N)c(SCC(=O)Nc2cc([N+](=O)[O-])ccc2Cl)n1. The summed E-state index contributed by atoms with van der Waals surface area (Å²) < 4.78 is 0. The number of non-ortho nitro benzene ring substituents is 1. The highest BCUT2D eigenvalue weighted by atomic mass is 35.5. The molecule has 2 aromatic rings. The third-order valence-corrected chi connectivity index (χ3v) is 4.36. The Morgan fingerprint density at radius 2 is 2.16 bits per heavy atom. The molecule has 0 atom stereocenters. The number of aryl methyl sites for hydroxylation is 2. The number of carbonyl (C=O) groups excluding carboxylic acids is 1. The van der Waals surface area contributed by atoms with Crippen molar-refractivity contribution >= 4 is 40.6 Å². The molecule has 8 nitrogen and oxygen atoms in total. The van der Waals surface area contributed by atoms with Gasteiger partial charge in [-0.3, -0.25) is 14.9 Å². The summed E-state index contributed by atoms with van der Waals surface area (Å²) in [6.45, 7) is 3.39. The summed E-state index contributed by atoms with van der Waals surface area (Å²) in [5.41, 5.74) is 0.828. The lowest BCUT2D eigenvalue weighted by atomic mass is 10.3. The number of halogens is 1. The zero-order valence-electron chi connectivity index (χ0n) is 13.2. The Morgan fingerprint density at radius 1 is 1.44 bits per heavy atom. The van der Waals surface area contributed by atoms with E-state index in [2.05, 4.69) is 15.3 Å². The van der Waals surface area contributed by atoms with Gasteiger partial charge in [0.25, 0.3) is 5.69 Å². The molecular formula is C15H12ClN5O3S.